The molecule has 0 unspecified atom stereocenters. The van der Waals surface area contributed by atoms with Crippen LogP contribution >= 0.6 is 0 Å². The van der Waals surface area contributed by atoms with Gasteiger partial charge in [0.15, 0.2) is 5.78 Å². The number of aliphatic carboxylic acids is 1. The van der Waals surface area contributed by atoms with E-state index in [4.69, 9.17) is 4.52 Å². The number of carbonyl (C=O) groups is 2. The second-order valence-corrected chi connectivity index (χ2v) is 15.6. The molecule has 0 spiro atoms. The minimum absolute atomic E-state index is 0.0182. The molecule has 6 heteroatoms. The normalized spacial score (nSPS) is 44.3. The van der Waals surface area contributed by atoms with Crippen LogP contribution in [0, 0.1) is 44.8 Å². The van der Waals surface area contributed by atoms with Crippen LogP contribution in [0.5, 0.6) is 0 Å². The molecule has 3 saturated carbocycles. The summed E-state index contributed by atoms with van der Waals surface area (Å²) < 4.78 is 5.72. The minimum Gasteiger partial charge on any atom is -0.481 e. The van der Waals surface area contributed by atoms with E-state index in [0.717, 1.165) is 57.3 Å². The molecule has 0 aliphatic heterocycles. The number of carbonyl (C=O) groups excluding carboxylic acids is 1. The predicted octanol–water partition coefficient (Wildman–Crippen LogP) is 6.56. The lowest BCUT2D eigenvalue weighted by Crippen LogP contribution is -2.65. The zero-order valence-corrected chi connectivity index (χ0v) is 24.9. The van der Waals surface area contributed by atoms with Gasteiger partial charge in [-0.3, -0.25) is 9.59 Å². The van der Waals surface area contributed by atoms with Crippen LogP contribution in [-0.2, 0) is 16.0 Å². The number of carboxylic acids is 1. The first-order valence-corrected chi connectivity index (χ1v) is 15.4. The van der Waals surface area contributed by atoms with Gasteiger partial charge in [0, 0.05) is 30.5 Å². The van der Waals surface area contributed by atoms with Gasteiger partial charge in [0.05, 0.1) is 12.6 Å². The van der Waals surface area contributed by atoms with Crippen molar-refractivity contribution in [3.05, 3.63) is 29.2 Å². The Morgan fingerprint density at radius 1 is 1.10 bits per heavy atom. The van der Waals surface area contributed by atoms with E-state index >= 15 is 0 Å². The van der Waals surface area contributed by atoms with Gasteiger partial charge < -0.3 is 14.9 Å². The van der Waals surface area contributed by atoms with Crippen LogP contribution in [0.2, 0.25) is 0 Å². The molecule has 3 fully saturated rings. The fourth-order valence-electron chi connectivity index (χ4n) is 10.8. The Labute approximate surface area is 233 Å². The van der Waals surface area contributed by atoms with E-state index in [1.807, 2.05) is 6.20 Å². The lowest BCUT2D eigenvalue weighted by molar-refractivity contribution is -0.170. The van der Waals surface area contributed by atoms with Gasteiger partial charge in [-0.2, -0.15) is 0 Å². The van der Waals surface area contributed by atoms with Crippen molar-refractivity contribution in [2.24, 2.45) is 44.8 Å². The van der Waals surface area contributed by atoms with Crippen LogP contribution in [0.25, 0.3) is 0 Å². The molecule has 6 nitrogen and oxygen atoms in total. The van der Waals surface area contributed by atoms with Crippen molar-refractivity contribution >= 4 is 11.8 Å². The molecule has 5 aliphatic carbocycles. The summed E-state index contributed by atoms with van der Waals surface area (Å²) in [5.74, 6) is 1.75. The van der Waals surface area contributed by atoms with Crippen LogP contribution in [-0.4, -0.2) is 35.1 Å². The maximum absolute atomic E-state index is 14.5. The first-order chi connectivity index (χ1) is 18.3. The fraction of sp³-hybridized carbons (Fsp3) is 0.788. The molecule has 1 aromatic heterocycles. The summed E-state index contributed by atoms with van der Waals surface area (Å²) in [6.45, 7) is 15.8. The number of aromatic nitrogens is 1. The monoisotopic (exact) mass is 536 g/mol. The summed E-state index contributed by atoms with van der Waals surface area (Å²) >= 11 is 0. The standard InChI is InChI=1S/C33H48N2O4/c1-20-22-7-9-31(5)25(30(22,4)16-21-18-35-39-28(20)21)15-24(36)27-23-17-29(2,3)10-12-33(23,13-11-32(27,31)6)19-34-14-8-26(37)38/h15,18,20,22-23,27,34H,7-14,16-17,19H2,1-6H3,(H,37,38)/t20-,22-,23-,27-,30-,31+,32+,33+/m0/s1. The molecule has 0 amide bonds. The highest BCUT2D eigenvalue weighted by atomic mass is 16.5. The summed E-state index contributed by atoms with van der Waals surface area (Å²) in [6, 6.07) is 0. The molecule has 0 radical (unpaired) electrons. The van der Waals surface area contributed by atoms with Gasteiger partial charge in [-0.05, 0) is 96.4 Å². The lowest BCUT2D eigenvalue weighted by atomic mass is 9.34. The lowest BCUT2D eigenvalue weighted by Gasteiger charge is -2.69. The highest BCUT2D eigenvalue weighted by Gasteiger charge is 2.68. The SMILES string of the molecule is C[C@@H]1c2oncc2C[C@]2(C)C3=CC(=O)[C@@H]4[C@@H]5CC(C)(C)CC[C@]5(CNCCC(=O)O)CC[C@@]4(C)[C@]3(C)CC[C@@H]12. The fourth-order valence-corrected chi connectivity index (χ4v) is 10.8. The molecule has 5 aliphatic rings. The summed E-state index contributed by atoms with van der Waals surface area (Å²) in [5, 5.41) is 16.9. The number of nitrogens with one attached hydrogen (secondary N) is 1. The Hall–Kier alpha value is -1.95. The van der Waals surface area contributed by atoms with Gasteiger partial charge in [0.1, 0.15) is 5.76 Å². The topological polar surface area (TPSA) is 92.4 Å². The second kappa shape index (κ2) is 8.77. The van der Waals surface area contributed by atoms with E-state index in [1.54, 1.807) is 0 Å². The molecular formula is C33H48N2O4. The Morgan fingerprint density at radius 3 is 2.59 bits per heavy atom. The largest absolute Gasteiger partial charge is 0.481 e. The zero-order valence-electron chi connectivity index (χ0n) is 24.9. The van der Waals surface area contributed by atoms with Crippen molar-refractivity contribution in [2.45, 2.75) is 105 Å². The highest BCUT2D eigenvalue weighted by molar-refractivity contribution is 5.95. The molecule has 39 heavy (non-hydrogen) atoms. The maximum Gasteiger partial charge on any atom is 0.304 e. The molecule has 1 heterocycles. The van der Waals surface area contributed by atoms with Crippen molar-refractivity contribution in [1.82, 2.24) is 10.5 Å². The third-order valence-electron chi connectivity index (χ3n) is 13.2. The molecule has 214 valence electrons. The number of nitrogens with zero attached hydrogens (tertiary/aromatic N) is 1. The molecule has 1 aromatic rings. The van der Waals surface area contributed by atoms with Gasteiger partial charge in [0.25, 0.3) is 0 Å². The highest BCUT2D eigenvalue weighted by Crippen LogP contribution is 2.74. The van der Waals surface area contributed by atoms with E-state index in [0.29, 0.717) is 30.1 Å². The minimum atomic E-state index is -0.759. The number of rotatable bonds is 5. The van der Waals surface area contributed by atoms with E-state index in [-0.39, 0.29) is 39.4 Å². The van der Waals surface area contributed by atoms with E-state index < -0.39 is 5.97 Å². The quantitative estimate of drug-likeness (QED) is 0.414. The van der Waals surface area contributed by atoms with Crippen LogP contribution in [0.4, 0.5) is 0 Å². The molecule has 0 saturated heterocycles. The summed E-state index contributed by atoms with van der Waals surface area (Å²) in [4.78, 5) is 25.7. The number of carboxylic acid groups (broad SMARTS) is 1. The number of hydrogen-bond acceptors (Lipinski definition) is 5. The van der Waals surface area contributed by atoms with Gasteiger partial charge in [-0.15, -0.1) is 0 Å². The Balaban J connectivity index is 1.40. The second-order valence-electron chi connectivity index (χ2n) is 15.6. The Morgan fingerprint density at radius 2 is 1.85 bits per heavy atom. The van der Waals surface area contributed by atoms with Gasteiger partial charge >= 0.3 is 5.97 Å². The van der Waals surface area contributed by atoms with Crippen molar-refractivity contribution in [2.75, 3.05) is 13.1 Å². The molecule has 0 aromatic carbocycles. The van der Waals surface area contributed by atoms with Crippen LogP contribution < -0.4 is 5.32 Å². The summed E-state index contributed by atoms with van der Waals surface area (Å²) in [7, 11) is 0. The molecule has 0 bridgehead atoms. The first-order valence-electron chi connectivity index (χ1n) is 15.4. The van der Waals surface area contributed by atoms with E-state index in [9.17, 15) is 14.7 Å². The van der Waals surface area contributed by atoms with Crippen molar-refractivity contribution < 1.29 is 19.2 Å². The van der Waals surface area contributed by atoms with Crippen molar-refractivity contribution in [1.29, 1.82) is 0 Å². The first kappa shape index (κ1) is 27.2. The Kier molecular flexibility index (Phi) is 6.13. The van der Waals surface area contributed by atoms with E-state index in [2.05, 4.69) is 58.1 Å². The number of allylic oxidation sites excluding steroid dienone is 2. The van der Waals surface area contributed by atoms with Crippen LogP contribution in [0.15, 0.2) is 22.4 Å². The van der Waals surface area contributed by atoms with Gasteiger partial charge in [-0.25, -0.2) is 0 Å². The zero-order chi connectivity index (χ0) is 28.0. The average Bonchev–Trinajstić information content (AvgIpc) is 3.32. The molecule has 8 atom stereocenters. The van der Waals surface area contributed by atoms with Crippen LogP contribution in [0.1, 0.15) is 110 Å². The molecular weight excluding hydrogens is 488 g/mol. The number of fused-ring (bicyclic) bond motifs is 8. The average molecular weight is 537 g/mol. The summed E-state index contributed by atoms with van der Waals surface area (Å²) in [5.41, 5.74) is 2.73. The predicted molar refractivity (Wildman–Crippen MR) is 150 cm³/mol. The van der Waals surface area contributed by atoms with Crippen LogP contribution in [0.3, 0.4) is 0 Å². The third kappa shape index (κ3) is 3.79. The van der Waals surface area contributed by atoms with Crippen molar-refractivity contribution in [3.63, 3.8) is 0 Å². The van der Waals surface area contributed by atoms with Crippen molar-refractivity contribution in [3.8, 4) is 0 Å². The number of ketones is 1. The van der Waals surface area contributed by atoms with Gasteiger partial charge in [0.2, 0.25) is 0 Å². The molecule has 6 rings (SSSR count). The van der Waals surface area contributed by atoms with E-state index in [1.165, 1.54) is 17.6 Å². The maximum atomic E-state index is 14.5. The molecule has 2 N–H and O–H groups in total. The third-order valence-corrected chi connectivity index (χ3v) is 13.2. The Bertz CT molecular complexity index is 1220. The number of hydrogen-bond donors (Lipinski definition) is 2. The summed E-state index contributed by atoms with van der Waals surface area (Å²) in [6.07, 6.45) is 12.9. The smallest absolute Gasteiger partial charge is 0.304 e. The van der Waals surface area contributed by atoms with Gasteiger partial charge in [-0.1, -0.05) is 52.3 Å².